The van der Waals surface area contributed by atoms with Gasteiger partial charge < -0.3 is 4.74 Å². The molecule has 1 aromatic rings. The molecule has 0 heterocycles. The molecule has 0 amide bonds. The van der Waals surface area contributed by atoms with E-state index in [1.165, 1.54) is 0 Å². The van der Waals surface area contributed by atoms with E-state index < -0.39 is 7.27 Å². The Morgan fingerprint density at radius 1 is 1.21 bits per heavy atom. The predicted octanol–water partition coefficient (Wildman–Crippen LogP) is 3.75. The largest absolute Gasteiger partial charge is 0.496 e. The zero-order valence-corrected chi connectivity index (χ0v) is 10.7. The van der Waals surface area contributed by atoms with Crippen LogP contribution in [0.1, 0.15) is 20.8 Å². The van der Waals surface area contributed by atoms with Gasteiger partial charge in [0.05, 0.1) is 7.11 Å². The number of halogens is 1. The van der Waals surface area contributed by atoms with Crippen molar-refractivity contribution < 1.29 is 4.74 Å². The minimum absolute atomic E-state index is 0.103. The summed E-state index contributed by atoms with van der Waals surface area (Å²) >= 11 is 6.45. The molecule has 14 heavy (non-hydrogen) atoms. The second-order valence-corrected chi connectivity index (χ2v) is 7.52. The first kappa shape index (κ1) is 11.8. The topological polar surface area (TPSA) is 9.23 Å². The Kier molecular flexibility index (Phi) is 3.80. The number of ether oxygens (including phenoxy) is 1. The van der Waals surface area contributed by atoms with Gasteiger partial charge in [-0.2, -0.15) is 0 Å². The van der Waals surface area contributed by atoms with E-state index in [-0.39, 0.29) is 5.16 Å². The van der Waals surface area contributed by atoms with Gasteiger partial charge in [0.2, 0.25) is 0 Å². The molecular weight excluding hydrogens is 215 g/mol. The van der Waals surface area contributed by atoms with Crippen LogP contribution in [0, 0.1) is 0 Å². The van der Waals surface area contributed by atoms with Crippen molar-refractivity contribution in [2.24, 2.45) is 0 Å². The number of hydrogen-bond donors (Lipinski definition) is 0. The van der Waals surface area contributed by atoms with Gasteiger partial charge in [0.1, 0.15) is 5.75 Å². The lowest BCUT2D eigenvalue weighted by Crippen LogP contribution is -2.17. The summed E-state index contributed by atoms with van der Waals surface area (Å²) in [6, 6.07) is 7.97. The molecule has 0 aliphatic carbocycles. The monoisotopic (exact) mass is 230 g/mol. The summed E-state index contributed by atoms with van der Waals surface area (Å²) in [6.45, 7) is 6.45. The molecule has 1 atom stereocenters. The summed E-state index contributed by atoms with van der Waals surface area (Å²) in [5, 5.41) is 1.23. The second-order valence-electron chi connectivity index (χ2n) is 4.12. The summed E-state index contributed by atoms with van der Waals surface area (Å²) in [4.78, 5) is 0. The molecule has 1 rings (SSSR count). The van der Waals surface area contributed by atoms with Crippen molar-refractivity contribution in [3.63, 3.8) is 0 Å². The first-order chi connectivity index (χ1) is 6.46. The zero-order valence-electron chi connectivity index (χ0n) is 9.04. The molecule has 1 aromatic carbocycles. The summed E-state index contributed by atoms with van der Waals surface area (Å²) in [5.41, 5.74) is 0. The molecule has 0 saturated carbocycles. The Bertz CT molecular complexity index is 306. The molecule has 0 fully saturated rings. The Balaban J connectivity index is 3.06. The maximum absolute atomic E-state index is 6.45. The first-order valence-electron chi connectivity index (χ1n) is 4.56. The zero-order chi connectivity index (χ0) is 10.8. The summed E-state index contributed by atoms with van der Waals surface area (Å²) in [6.07, 6.45) is 0. The van der Waals surface area contributed by atoms with Crippen LogP contribution in [0.4, 0.5) is 0 Å². The lowest BCUT2D eigenvalue weighted by Gasteiger charge is -2.26. The molecule has 1 unspecified atom stereocenters. The normalized spacial score (nSPS) is 13.8. The third kappa shape index (κ3) is 2.62. The number of hydrogen-bond acceptors (Lipinski definition) is 1. The molecule has 0 radical (unpaired) electrons. The third-order valence-corrected chi connectivity index (χ3v) is 5.92. The van der Waals surface area contributed by atoms with Gasteiger partial charge in [-0.15, -0.1) is 0 Å². The van der Waals surface area contributed by atoms with Crippen molar-refractivity contribution in [1.82, 2.24) is 0 Å². The highest BCUT2D eigenvalue weighted by Gasteiger charge is 2.26. The highest BCUT2D eigenvalue weighted by molar-refractivity contribution is 7.91. The molecule has 1 nitrogen and oxygen atoms in total. The molecule has 0 aliphatic heterocycles. The van der Waals surface area contributed by atoms with Crippen LogP contribution in [0.15, 0.2) is 24.3 Å². The maximum Gasteiger partial charge on any atom is 0.127 e. The SMILES string of the molecule is COc1ccccc1P(Cl)C(C)(C)C. The highest BCUT2D eigenvalue weighted by atomic mass is 35.7. The minimum atomic E-state index is -0.696. The van der Waals surface area contributed by atoms with Crippen molar-refractivity contribution in [3.05, 3.63) is 24.3 Å². The Hall–Kier alpha value is -0.260. The van der Waals surface area contributed by atoms with Crippen LogP contribution in [-0.4, -0.2) is 12.3 Å². The Labute approximate surface area is 92.0 Å². The number of benzene rings is 1. The van der Waals surface area contributed by atoms with E-state index >= 15 is 0 Å². The van der Waals surface area contributed by atoms with Gasteiger partial charge in [0.15, 0.2) is 0 Å². The van der Waals surface area contributed by atoms with Gasteiger partial charge >= 0.3 is 0 Å². The third-order valence-electron chi connectivity index (χ3n) is 1.89. The van der Waals surface area contributed by atoms with Gasteiger partial charge in [0, 0.05) is 17.7 Å². The molecule has 0 spiro atoms. The molecule has 0 saturated heterocycles. The lowest BCUT2D eigenvalue weighted by molar-refractivity contribution is 0.418. The molecule has 78 valence electrons. The van der Waals surface area contributed by atoms with Crippen LogP contribution >= 0.6 is 18.5 Å². The van der Waals surface area contributed by atoms with Crippen LogP contribution in [0.3, 0.4) is 0 Å². The van der Waals surface area contributed by atoms with Gasteiger partial charge in [-0.25, -0.2) is 0 Å². The van der Waals surface area contributed by atoms with Crippen LogP contribution in [0.2, 0.25) is 0 Å². The standard InChI is InChI=1S/C11H16ClOP/c1-11(2,3)14(12)10-8-6-5-7-9(10)13-4/h5-8H,1-4H3. The fourth-order valence-corrected chi connectivity index (χ4v) is 2.87. The molecule has 0 aliphatic rings. The van der Waals surface area contributed by atoms with E-state index in [4.69, 9.17) is 16.0 Å². The predicted molar refractivity (Wildman–Crippen MR) is 65.2 cm³/mol. The van der Waals surface area contributed by atoms with E-state index in [0.29, 0.717) is 0 Å². The minimum Gasteiger partial charge on any atom is -0.496 e. The number of methoxy groups -OCH3 is 1. The van der Waals surface area contributed by atoms with Gasteiger partial charge in [-0.1, -0.05) is 44.1 Å². The summed E-state index contributed by atoms with van der Waals surface area (Å²) in [7, 11) is 0.986. The fourth-order valence-electron chi connectivity index (χ4n) is 1.15. The first-order valence-corrected chi connectivity index (χ1v) is 6.80. The van der Waals surface area contributed by atoms with Gasteiger partial charge in [-0.05, 0) is 12.1 Å². The molecular formula is C11H16ClOP. The second kappa shape index (κ2) is 4.51. The van der Waals surface area contributed by atoms with Gasteiger partial charge in [-0.3, -0.25) is 0 Å². The van der Waals surface area contributed by atoms with Crippen molar-refractivity contribution in [2.75, 3.05) is 7.11 Å². The van der Waals surface area contributed by atoms with Crippen LogP contribution < -0.4 is 10.0 Å². The molecule has 0 aromatic heterocycles. The van der Waals surface area contributed by atoms with E-state index in [1.807, 2.05) is 24.3 Å². The average Bonchev–Trinajstić information content (AvgIpc) is 2.15. The molecule has 0 N–H and O–H groups in total. The molecule has 3 heteroatoms. The van der Waals surface area contributed by atoms with Crippen LogP contribution in [0.25, 0.3) is 0 Å². The van der Waals surface area contributed by atoms with Crippen LogP contribution in [-0.2, 0) is 0 Å². The van der Waals surface area contributed by atoms with E-state index in [0.717, 1.165) is 11.1 Å². The lowest BCUT2D eigenvalue weighted by atomic mass is 10.3. The van der Waals surface area contributed by atoms with Gasteiger partial charge in [0.25, 0.3) is 0 Å². The highest BCUT2D eigenvalue weighted by Crippen LogP contribution is 2.54. The van der Waals surface area contributed by atoms with E-state index in [1.54, 1.807) is 7.11 Å². The summed E-state index contributed by atoms with van der Waals surface area (Å²) in [5.74, 6) is 0.892. The summed E-state index contributed by atoms with van der Waals surface area (Å²) < 4.78 is 5.29. The maximum atomic E-state index is 6.45. The molecule has 0 bridgehead atoms. The number of para-hydroxylation sites is 1. The fraction of sp³-hybridized carbons (Fsp3) is 0.455. The Morgan fingerprint density at radius 3 is 2.29 bits per heavy atom. The van der Waals surface area contributed by atoms with Crippen molar-refractivity contribution in [1.29, 1.82) is 0 Å². The van der Waals surface area contributed by atoms with Crippen molar-refractivity contribution in [2.45, 2.75) is 25.9 Å². The van der Waals surface area contributed by atoms with Crippen molar-refractivity contribution >= 4 is 23.8 Å². The quantitative estimate of drug-likeness (QED) is 0.703. The number of rotatable bonds is 2. The van der Waals surface area contributed by atoms with E-state index in [9.17, 15) is 0 Å². The van der Waals surface area contributed by atoms with E-state index in [2.05, 4.69) is 20.8 Å². The average molecular weight is 231 g/mol. The Morgan fingerprint density at radius 2 is 1.79 bits per heavy atom. The smallest absolute Gasteiger partial charge is 0.127 e. The van der Waals surface area contributed by atoms with Crippen molar-refractivity contribution in [3.8, 4) is 5.75 Å². The van der Waals surface area contributed by atoms with Crippen LogP contribution in [0.5, 0.6) is 5.75 Å².